The number of esters is 1. The third-order valence-electron chi connectivity index (χ3n) is 7.81. The molecule has 226 valence electrons. The monoisotopic (exact) mass is 605 g/mol. The number of rotatable bonds is 10. The van der Waals surface area contributed by atoms with Gasteiger partial charge in [-0.3, -0.25) is 14.3 Å². The number of ketones is 1. The Balaban J connectivity index is 1.60. The Hall–Kier alpha value is -4.10. The first-order chi connectivity index (χ1) is 20.3. The minimum absolute atomic E-state index is 0.0711. The molecule has 3 unspecified atom stereocenters. The van der Waals surface area contributed by atoms with Gasteiger partial charge in [0.2, 0.25) is 0 Å². The number of carbonyl (C=O) groups is 2. The van der Waals surface area contributed by atoms with Gasteiger partial charge in [-0.15, -0.1) is 0 Å². The lowest BCUT2D eigenvalue weighted by Crippen LogP contribution is -2.51. The SMILES string of the molecule is CCCC1(CCc2ccc(F)cc2)CC(=O)C(C(c2cccc(NS(=O)(=O)c3ccc(C#N)cn3)c2)C(C)(C)C)C(=O)O1. The maximum absolute atomic E-state index is 13.9. The number of nitrogens with one attached hydrogen (secondary N) is 1. The smallest absolute Gasteiger partial charge is 0.317 e. The van der Waals surface area contributed by atoms with Crippen LogP contribution in [0, 0.1) is 28.5 Å². The second-order valence-corrected chi connectivity index (χ2v) is 13.8. The molecule has 3 aromatic rings. The zero-order chi connectivity index (χ0) is 31.4. The molecule has 10 heteroatoms. The number of nitrogens with zero attached hydrogens (tertiary/aromatic N) is 2. The van der Waals surface area contributed by atoms with Crippen molar-refractivity contribution >= 4 is 27.5 Å². The van der Waals surface area contributed by atoms with E-state index in [0.29, 0.717) is 31.2 Å². The fraction of sp³-hybridized carbons (Fsp3) is 0.394. The number of sulfonamides is 1. The van der Waals surface area contributed by atoms with Crippen LogP contribution in [0.4, 0.5) is 10.1 Å². The van der Waals surface area contributed by atoms with Gasteiger partial charge in [-0.1, -0.05) is 58.4 Å². The number of hydrogen-bond acceptors (Lipinski definition) is 7. The quantitative estimate of drug-likeness (QED) is 0.211. The van der Waals surface area contributed by atoms with Crippen LogP contribution in [0.25, 0.3) is 0 Å². The van der Waals surface area contributed by atoms with Crippen LogP contribution in [-0.2, 0) is 30.8 Å². The van der Waals surface area contributed by atoms with Crippen molar-refractivity contribution in [2.45, 2.75) is 76.3 Å². The topological polar surface area (TPSA) is 126 Å². The normalized spacial score (nSPS) is 19.8. The number of benzene rings is 2. The number of aryl methyl sites for hydroxylation is 1. The van der Waals surface area contributed by atoms with Gasteiger partial charge in [0, 0.05) is 24.2 Å². The average Bonchev–Trinajstić information content (AvgIpc) is 2.94. The summed E-state index contributed by atoms with van der Waals surface area (Å²) in [5, 5.41) is 8.73. The number of hydrogen-bond donors (Lipinski definition) is 1. The van der Waals surface area contributed by atoms with Gasteiger partial charge >= 0.3 is 5.97 Å². The van der Waals surface area contributed by atoms with Gasteiger partial charge in [0.25, 0.3) is 10.0 Å². The molecule has 1 aliphatic heterocycles. The van der Waals surface area contributed by atoms with E-state index in [1.54, 1.807) is 36.4 Å². The Morgan fingerprint density at radius 3 is 2.42 bits per heavy atom. The first kappa shape index (κ1) is 31.8. The Kier molecular flexibility index (Phi) is 9.35. The predicted octanol–water partition coefficient (Wildman–Crippen LogP) is 6.33. The molecule has 1 N–H and O–H groups in total. The van der Waals surface area contributed by atoms with Crippen LogP contribution < -0.4 is 4.72 Å². The van der Waals surface area contributed by atoms with Gasteiger partial charge in [-0.05, 0) is 72.2 Å². The molecule has 4 rings (SSSR count). The van der Waals surface area contributed by atoms with Gasteiger partial charge in [0.1, 0.15) is 23.4 Å². The number of pyridine rings is 1. The van der Waals surface area contributed by atoms with E-state index < -0.39 is 38.8 Å². The molecule has 1 aromatic heterocycles. The van der Waals surface area contributed by atoms with Crippen LogP contribution in [0.1, 0.15) is 76.0 Å². The van der Waals surface area contributed by atoms with E-state index in [0.717, 1.165) is 5.56 Å². The van der Waals surface area contributed by atoms with Crippen LogP contribution in [0.2, 0.25) is 0 Å². The lowest BCUT2D eigenvalue weighted by Gasteiger charge is -2.44. The Bertz CT molecular complexity index is 1610. The summed E-state index contributed by atoms with van der Waals surface area (Å²) in [5.74, 6) is -2.79. The zero-order valence-corrected chi connectivity index (χ0v) is 25.6. The predicted molar refractivity (Wildman–Crippen MR) is 160 cm³/mol. The van der Waals surface area contributed by atoms with Gasteiger partial charge in [0.15, 0.2) is 10.8 Å². The summed E-state index contributed by atoms with van der Waals surface area (Å²) in [6.45, 7) is 7.76. The Labute approximate surface area is 252 Å². The number of nitriles is 1. The van der Waals surface area contributed by atoms with Crippen molar-refractivity contribution in [2.24, 2.45) is 11.3 Å². The largest absolute Gasteiger partial charge is 0.458 e. The van der Waals surface area contributed by atoms with Crippen molar-refractivity contribution in [3.63, 3.8) is 0 Å². The van der Waals surface area contributed by atoms with Crippen molar-refractivity contribution in [2.75, 3.05) is 4.72 Å². The zero-order valence-electron chi connectivity index (χ0n) is 24.8. The van der Waals surface area contributed by atoms with Crippen molar-refractivity contribution in [1.29, 1.82) is 5.26 Å². The van der Waals surface area contributed by atoms with Gasteiger partial charge in [0.05, 0.1) is 5.56 Å². The molecular weight excluding hydrogens is 569 g/mol. The molecule has 3 atom stereocenters. The van der Waals surface area contributed by atoms with E-state index in [1.807, 2.05) is 33.8 Å². The summed E-state index contributed by atoms with van der Waals surface area (Å²) in [6.07, 6.45) is 3.47. The lowest BCUT2D eigenvalue weighted by atomic mass is 9.65. The van der Waals surface area contributed by atoms with Crippen LogP contribution in [0.15, 0.2) is 71.9 Å². The van der Waals surface area contributed by atoms with Crippen molar-refractivity contribution in [3.8, 4) is 6.07 Å². The molecule has 43 heavy (non-hydrogen) atoms. The number of ether oxygens (including phenoxy) is 1. The molecule has 1 aliphatic rings. The van der Waals surface area contributed by atoms with Crippen LogP contribution in [0.3, 0.4) is 0 Å². The summed E-state index contributed by atoms with van der Waals surface area (Å²) in [7, 11) is -4.07. The molecule has 2 aromatic carbocycles. The highest BCUT2D eigenvalue weighted by Crippen LogP contribution is 2.47. The second-order valence-electron chi connectivity index (χ2n) is 12.2. The number of carbonyl (C=O) groups excluding carboxylic acids is 2. The summed E-state index contributed by atoms with van der Waals surface area (Å²) in [4.78, 5) is 31.5. The minimum atomic E-state index is -4.07. The van der Waals surface area contributed by atoms with E-state index in [-0.39, 0.29) is 34.3 Å². The van der Waals surface area contributed by atoms with Crippen molar-refractivity contribution in [3.05, 3.63) is 89.4 Å². The summed E-state index contributed by atoms with van der Waals surface area (Å²) < 4.78 is 48.0. The van der Waals surface area contributed by atoms with Crippen LogP contribution in [-0.4, -0.2) is 30.8 Å². The van der Waals surface area contributed by atoms with Crippen molar-refractivity contribution in [1.82, 2.24) is 4.98 Å². The molecule has 0 bridgehead atoms. The molecule has 2 heterocycles. The highest BCUT2D eigenvalue weighted by Gasteiger charge is 2.51. The molecule has 0 aliphatic carbocycles. The molecular formula is C33H36FN3O5S. The fourth-order valence-electron chi connectivity index (χ4n) is 5.88. The second kappa shape index (κ2) is 12.6. The summed E-state index contributed by atoms with van der Waals surface area (Å²) >= 11 is 0. The highest BCUT2D eigenvalue weighted by molar-refractivity contribution is 7.92. The molecule has 1 saturated heterocycles. The van der Waals surface area contributed by atoms with E-state index in [9.17, 15) is 22.4 Å². The molecule has 1 fully saturated rings. The maximum Gasteiger partial charge on any atom is 0.317 e. The van der Waals surface area contributed by atoms with Crippen LogP contribution >= 0.6 is 0 Å². The minimum Gasteiger partial charge on any atom is -0.458 e. The molecule has 0 amide bonds. The fourth-order valence-corrected chi connectivity index (χ4v) is 6.86. The third kappa shape index (κ3) is 7.46. The van der Waals surface area contributed by atoms with E-state index in [1.165, 1.54) is 30.5 Å². The van der Waals surface area contributed by atoms with Gasteiger partial charge < -0.3 is 4.74 Å². The molecule has 0 spiro atoms. The lowest BCUT2D eigenvalue weighted by molar-refractivity contribution is -0.182. The summed E-state index contributed by atoms with van der Waals surface area (Å²) in [6, 6.07) is 17.3. The first-order valence-electron chi connectivity index (χ1n) is 14.3. The highest BCUT2D eigenvalue weighted by atomic mass is 32.2. The number of aromatic nitrogens is 1. The Morgan fingerprint density at radius 2 is 1.84 bits per heavy atom. The summed E-state index contributed by atoms with van der Waals surface area (Å²) in [5.41, 5.74) is 0.479. The number of Topliss-reactive ketones (excluding diaryl/α,β-unsaturated/α-hetero) is 1. The molecule has 8 nitrogen and oxygen atoms in total. The number of cyclic esters (lactones) is 1. The van der Waals surface area contributed by atoms with E-state index >= 15 is 0 Å². The van der Waals surface area contributed by atoms with Gasteiger partial charge in [-0.2, -0.15) is 13.7 Å². The molecule has 0 radical (unpaired) electrons. The van der Waals surface area contributed by atoms with Crippen molar-refractivity contribution < 1.29 is 27.1 Å². The van der Waals surface area contributed by atoms with Crippen LogP contribution in [0.5, 0.6) is 0 Å². The maximum atomic E-state index is 13.9. The molecule has 0 saturated carbocycles. The van der Waals surface area contributed by atoms with Gasteiger partial charge in [-0.25, -0.2) is 9.37 Å². The first-order valence-corrected chi connectivity index (χ1v) is 15.7. The third-order valence-corrected chi connectivity index (χ3v) is 9.10. The van der Waals surface area contributed by atoms with E-state index in [2.05, 4.69) is 9.71 Å². The number of halogens is 1. The standard InChI is InChI=1S/C33H36FN3O5S/c1-5-16-33(17-15-22-9-12-25(34)13-10-22)19-27(38)29(31(39)42-33)30(32(2,3)4)24-7-6-8-26(18-24)37-43(40,41)28-14-11-23(20-35)21-36-28/h6-14,18,21,29-30,37H,5,15-17,19H2,1-4H3. The average molecular weight is 606 g/mol. The van der Waals surface area contributed by atoms with E-state index in [4.69, 9.17) is 10.00 Å². The Morgan fingerprint density at radius 1 is 1.12 bits per heavy atom. The number of anilines is 1.